The van der Waals surface area contributed by atoms with E-state index in [2.05, 4.69) is 16.7 Å². The van der Waals surface area contributed by atoms with Crippen LogP contribution in [0.5, 0.6) is 5.75 Å². The summed E-state index contributed by atoms with van der Waals surface area (Å²) in [5, 5.41) is 7.03. The van der Waals surface area contributed by atoms with Gasteiger partial charge in [-0.1, -0.05) is 6.07 Å². The van der Waals surface area contributed by atoms with E-state index in [1.54, 1.807) is 7.11 Å². The number of nitrogens with two attached hydrogens (primary N) is 1. The van der Waals surface area contributed by atoms with E-state index < -0.39 is 0 Å². The zero-order chi connectivity index (χ0) is 11.8. The van der Waals surface area contributed by atoms with E-state index in [0.29, 0.717) is 12.0 Å². The Morgan fingerprint density at radius 3 is 3.12 bits per heavy atom. The summed E-state index contributed by atoms with van der Waals surface area (Å²) in [6.07, 6.45) is 1.13. The van der Waals surface area contributed by atoms with Gasteiger partial charge in [0.1, 0.15) is 5.75 Å². The Hall–Kier alpha value is -1.26. The lowest BCUT2D eigenvalue weighted by molar-refractivity contribution is 0.288. The maximum Gasteiger partial charge on any atom is 0.120 e. The molecular weight excluding hydrogens is 214 g/mol. The summed E-state index contributed by atoms with van der Waals surface area (Å²) in [5.41, 5.74) is 8.71. The fraction of sp³-hybridized carbons (Fsp3) is 0.538. The van der Waals surface area contributed by atoms with Crippen molar-refractivity contribution in [2.24, 2.45) is 11.7 Å². The third-order valence-electron chi connectivity index (χ3n) is 3.95. The van der Waals surface area contributed by atoms with Crippen molar-refractivity contribution in [2.75, 3.05) is 25.5 Å². The van der Waals surface area contributed by atoms with Gasteiger partial charge in [0.05, 0.1) is 7.11 Å². The molecule has 0 aromatic heterocycles. The van der Waals surface area contributed by atoms with Crippen molar-refractivity contribution in [2.45, 2.75) is 18.5 Å². The van der Waals surface area contributed by atoms with Crippen molar-refractivity contribution in [1.29, 1.82) is 0 Å². The Labute approximate surface area is 102 Å². The second-order valence-corrected chi connectivity index (χ2v) is 4.89. The summed E-state index contributed by atoms with van der Waals surface area (Å²) in [4.78, 5) is 0. The van der Waals surface area contributed by atoms with E-state index >= 15 is 0 Å². The Morgan fingerprint density at radius 1 is 1.41 bits per heavy atom. The van der Waals surface area contributed by atoms with Gasteiger partial charge in [0.2, 0.25) is 0 Å². The van der Waals surface area contributed by atoms with E-state index in [1.165, 1.54) is 5.56 Å². The summed E-state index contributed by atoms with van der Waals surface area (Å²) in [5.74, 6) is 1.38. The summed E-state index contributed by atoms with van der Waals surface area (Å²) in [7, 11) is 1.69. The standard InChI is InChI=1S/C13H19N3O/c1-17-8-2-3-9-12(6-8)16-11-4-5-15-7-10(11)13(9)14/h2-3,6,10-11,13,15-16H,4-5,7,14H2,1H3. The number of benzene rings is 1. The lowest BCUT2D eigenvalue weighted by Gasteiger charge is -2.42. The van der Waals surface area contributed by atoms with Crippen LogP contribution in [0.15, 0.2) is 18.2 Å². The molecule has 1 fully saturated rings. The molecule has 2 aliphatic heterocycles. The highest BCUT2D eigenvalue weighted by molar-refractivity contribution is 5.59. The van der Waals surface area contributed by atoms with Gasteiger partial charge in [-0.3, -0.25) is 0 Å². The first kappa shape index (κ1) is 10.9. The topological polar surface area (TPSA) is 59.3 Å². The molecule has 3 atom stereocenters. The number of piperidine rings is 1. The third kappa shape index (κ3) is 1.77. The highest BCUT2D eigenvalue weighted by Gasteiger charge is 2.35. The van der Waals surface area contributed by atoms with Gasteiger partial charge in [0.15, 0.2) is 0 Å². The Morgan fingerprint density at radius 2 is 2.29 bits per heavy atom. The molecule has 0 saturated carbocycles. The van der Waals surface area contributed by atoms with Crippen LogP contribution in [0.1, 0.15) is 18.0 Å². The maximum atomic E-state index is 6.37. The van der Waals surface area contributed by atoms with Gasteiger partial charge >= 0.3 is 0 Å². The van der Waals surface area contributed by atoms with Gasteiger partial charge in [-0.2, -0.15) is 0 Å². The quantitative estimate of drug-likeness (QED) is 0.680. The van der Waals surface area contributed by atoms with Gasteiger partial charge in [-0.25, -0.2) is 0 Å². The smallest absolute Gasteiger partial charge is 0.120 e. The van der Waals surface area contributed by atoms with Gasteiger partial charge in [-0.15, -0.1) is 0 Å². The highest BCUT2D eigenvalue weighted by atomic mass is 16.5. The molecule has 1 saturated heterocycles. The van der Waals surface area contributed by atoms with Crippen LogP contribution in [0.3, 0.4) is 0 Å². The van der Waals surface area contributed by atoms with E-state index in [1.807, 2.05) is 12.1 Å². The molecule has 4 nitrogen and oxygen atoms in total. The minimum absolute atomic E-state index is 0.120. The molecule has 3 rings (SSSR count). The van der Waals surface area contributed by atoms with Crippen LogP contribution in [0.25, 0.3) is 0 Å². The fourth-order valence-electron chi connectivity index (χ4n) is 2.95. The molecule has 17 heavy (non-hydrogen) atoms. The van der Waals surface area contributed by atoms with Crippen LogP contribution in [-0.4, -0.2) is 26.2 Å². The number of hydrogen-bond donors (Lipinski definition) is 3. The van der Waals surface area contributed by atoms with Crippen LogP contribution in [0.4, 0.5) is 5.69 Å². The first-order chi connectivity index (χ1) is 8.29. The summed E-state index contributed by atoms with van der Waals surface area (Å²) >= 11 is 0. The zero-order valence-corrected chi connectivity index (χ0v) is 10.1. The minimum atomic E-state index is 0.120. The third-order valence-corrected chi connectivity index (χ3v) is 3.95. The van der Waals surface area contributed by atoms with Crippen molar-refractivity contribution < 1.29 is 4.74 Å². The van der Waals surface area contributed by atoms with Gasteiger partial charge < -0.3 is 21.1 Å². The normalized spacial score (nSPS) is 31.1. The van der Waals surface area contributed by atoms with Crippen molar-refractivity contribution >= 4 is 5.69 Å². The molecule has 0 spiro atoms. The monoisotopic (exact) mass is 233 g/mol. The first-order valence-electron chi connectivity index (χ1n) is 6.20. The van der Waals surface area contributed by atoms with Crippen LogP contribution >= 0.6 is 0 Å². The first-order valence-corrected chi connectivity index (χ1v) is 6.20. The van der Waals surface area contributed by atoms with Crippen LogP contribution in [-0.2, 0) is 0 Å². The summed E-state index contributed by atoms with van der Waals surface area (Å²) in [6, 6.07) is 6.72. The summed E-state index contributed by atoms with van der Waals surface area (Å²) in [6.45, 7) is 2.07. The zero-order valence-electron chi connectivity index (χ0n) is 10.1. The minimum Gasteiger partial charge on any atom is -0.497 e. The number of hydrogen-bond acceptors (Lipinski definition) is 4. The molecule has 1 aromatic carbocycles. The highest BCUT2D eigenvalue weighted by Crippen LogP contribution is 2.38. The molecule has 2 aliphatic rings. The molecule has 4 heteroatoms. The Balaban J connectivity index is 1.96. The number of methoxy groups -OCH3 is 1. The van der Waals surface area contributed by atoms with Crippen LogP contribution in [0, 0.1) is 5.92 Å². The van der Waals surface area contributed by atoms with E-state index in [4.69, 9.17) is 10.5 Å². The lowest BCUT2D eigenvalue weighted by Crippen LogP contribution is -2.51. The van der Waals surface area contributed by atoms with Crippen molar-refractivity contribution in [3.8, 4) is 5.75 Å². The molecule has 3 unspecified atom stereocenters. The number of anilines is 1. The SMILES string of the molecule is COc1ccc2c(c1)NC1CCNCC1C2N. The Kier molecular flexibility index (Phi) is 2.68. The lowest BCUT2D eigenvalue weighted by atomic mass is 9.80. The second-order valence-electron chi connectivity index (χ2n) is 4.89. The molecule has 1 aromatic rings. The summed E-state index contributed by atoms with van der Waals surface area (Å²) < 4.78 is 5.26. The van der Waals surface area contributed by atoms with Gasteiger partial charge in [0, 0.05) is 36.3 Å². The molecular formula is C13H19N3O. The molecule has 0 bridgehead atoms. The predicted octanol–water partition coefficient (Wildman–Crippen LogP) is 1.10. The largest absolute Gasteiger partial charge is 0.497 e. The molecule has 2 heterocycles. The molecule has 0 radical (unpaired) electrons. The van der Waals surface area contributed by atoms with Gasteiger partial charge in [0.25, 0.3) is 0 Å². The van der Waals surface area contributed by atoms with E-state index in [9.17, 15) is 0 Å². The van der Waals surface area contributed by atoms with Crippen molar-refractivity contribution in [1.82, 2.24) is 5.32 Å². The number of nitrogens with one attached hydrogen (secondary N) is 2. The second kappa shape index (κ2) is 4.20. The average Bonchev–Trinajstić information content (AvgIpc) is 2.38. The van der Waals surface area contributed by atoms with Crippen LogP contribution in [0.2, 0.25) is 0 Å². The predicted molar refractivity (Wildman–Crippen MR) is 68.3 cm³/mol. The van der Waals surface area contributed by atoms with Crippen molar-refractivity contribution in [3.63, 3.8) is 0 Å². The van der Waals surface area contributed by atoms with Gasteiger partial charge in [-0.05, 0) is 24.6 Å². The average molecular weight is 233 g/mol. The Bertz CT molecular complexity index is 421. The fourth-order valence-corrected chi connectivity index (χ4v) is 2.95. The molecule has 4 N–H and O–H groups in total. The number of ether oxygens (including phenoxy) is 1. The van der Waals surface area contributed by atoms with Crippen LogP contribution < -0.4 is 21.1 Å². The maximum absolute atomic E-state index is 6.37. The van der Waals surface area contributed by atoms with Crippen molar-refractivity contribution in [3.05, 3.63) is 23.8 Å². The molecule has 0 aliphatic carbocycles. The van der Waals surface area contributed by atoms with E-state index in [-0.39, 0.29) is 6.04 Å². The number of fused-ring (bicyclic) bond motifs is 2. The molecule has 92 valence electrons. The number of rotatable bonds is 1. The molecule has 0 amide bonds. The van der Waals surface area contributed by atoms with E-state index in [0.717, 1.165) is 30.9 Å².